The molecule has 102 valence electrons. The van der Waals surface area contributed by atoms with Crippen LogP contribution in [0, 0.1) is 0 Å². The Morgan fingerprint density at radius 2 is 2.06 bits per heavy atom. The van der Waals surface area contributed by atoms with Gasteiger partial charge in [0.25, 0.3) is 0 Å². The summed E-state index contributed by atoms with van der Waals surface area (Å²) in [5.74, 6) is -0.276. The minimum absolute atomic E-state index is 0.0249. The topological polar surface area (TPSA) is 67.4 Å². The van der Waals surface area contributed by atoms with Crippen LogP contribution in [-0.4, -0.2) is 37.1 Å². The van der Waals surface area contributed by atoms with E-state index in [1.807, 2.05) is 0 Å². The normalized spacial score (nSPS) is 17.8. The monoisotopic (exact) mass is 254 g/mol. The van der Waals surface area contributed by atoms with E-state index in [0.717, 1.165) is 19.3 Å². The first-order valence-electron chi connectivity index (χ1n) is 6.41. The molecule has 0 aromatic heterocycles. The van der Waals surface area contributed by atoms with Crippen molar-refractivity contribution >= 4 is 11.8 Å². The van der Waals surface area contributed by atoms with Gasteiger partial charge in [0.1, 0.15) is 0 Å². The molecule has 1 fully saturated rings. The Bertz CT molecular complexity index is 309. The third-order valence-electron chi connectivity index (χ3n) is 3.37. The maximum absolute atomic E-state index is 11.8. The summed E-state index contributed by atoms with van der Waals surface area (Å²) in [7, 11) is 0. The third kappa shape index (κ3) is 4.49. The molecule has 0 radical (unpaired) electrons. The number of ether oxygens (including phenoxy) is 1. The summed E-state index contributed by atoms with van der Waals surface area (Å²) >= 11 is 0. The molecule has 5 nitrogen and oxygen atoms in total. The van der Waals surface area contributed by atoms with Gasteiger partial charge in [-0.1, -0.05) is 13.5 Å². The fraction of sp³-hybridized carbons (Fsp3) is 0.692. The summed E-state index contributed by atoms with van der Waals surface area (Å²) in [5, 5.41) is 5.67. The van der Waals surface area contributed by atoms with E-state index in [-0.39, 0.29) is 17.4 Å². The average molecular weight is 254 g/mol. The van der Waals surface area contributed by atoms with Crippen LogP contribution in [0.5, 0.6) is 0 Å². The van der Waals surface area contributed by atoms with E-state index in [4.69, 9.17) is 4.74 Å². The Kier molecular flexibility index (Phi) is 5.85. The van der Waals surface area contributed by atoms with Crippen molar-refractivity contribution in [2.24, 2.45) is 0 Å². The second-order valence-corrected chi connectivity index (χ2v) is 4.54. The van der Waals surface area contributed by atoms with Crippen molar-refractivity contribution < 1.29 is 14.3 Å². The van der Waals surface area contributed by atoms with Gasteiger partial charge in [-0.2, -0.15) is 0 Å². The zero-order valence-corrected chi connectivity index (χ0v) is 11.0. The molecule has 0 atom stereocenters. The van der Waals surface area contributed by atoms with E-state index in [0.29, 0.717) is 26.2 Å². The van der Waals surface area contributed by atoms with Gasteiger partial charge in [0.15, 0.2) is 0 Å². The smallest absolute Gasteiger partial charge is 0.243 e. The van der Waals surface area contributed by atoms with Gasteiger partial charge >= 0.3 is 0 Å². The van der Waals surface area contributed by atoms with Crippen LogP contribution in [0.2, 0.25) is 0 Å². The molecule has 1 aliphatic rings. The number of hydrogen-bond acceptors (Lipinski definition) is 3. The van der Waals surface area contributed by atoms with Crippen molar-refractivity contribution in [3.05, 3.63) is 12.7 Å². The summed E-state index contributed by atoms with van der Waals surface area (Å²) in [5.41, 5.74) is -0.127. The van der Waals surface area contributed by atoms with Crippen molar-refractivity contribution in [3.8, 4) is 0 Å². The molecule has 2 N–H and O–H groups in total. The van der Waals surface area contributed by atoms with E-state index in [9.17, 15) is 9.59 Å². The summed E-state index contributed by atoms with van der Waals surface area (Å²) in [4.78, 5) is 22.7. The molecule has 1 aliphatic heterocycles. The lowest BCUT2D eigenvalue weighted by molar-refractivity contribution is -0.124. The first kappa shape index (κ1) is 14.7. The zero-order chi connectivity index (χ0) is 13.4. The van der Waals surface area contributed by atoms with E-state index >= 15 is 0 Å². The molecular formula is C13H22N2O3. The second kappa shape index (κ2) is 7.16. The van der Waals surface area contributed by atoms with E-state index in [1.165, 1.54) is 6.08 Å². The van der Waals surface area contributed by atoms with Crippen molar-refractivity contribution in [1.29, 1.82) is 0 Å². The van der Waals surface area contributed by atoms with Crippen molar-refractivity contribution in [2.45, 2.75) is 38.1 Å². The highest BCUT2D eigenvalue weighted by atomic mass is 16.5. The number of carbonyl (C=O) groups is 2. The van der Waals surface area contributed by atoms with Crippen LogP contribution >= 0.6 is 0 Å². The van der Waals surface area contributed by atoms with Crippen LogP contribution in [0.25, 0.3) is 0 Å². The summed E-state index contributed by atoms with van der Waals surface area (Å²) in [6.45, 7) is 7.16. The van der Waals surface area contributed by atoms with Gasteiger partial charge in [0, 0.05) is 31.7 Å². The predicted octanol–water partition coefficient (Wildman–Crippen LogP) is 0.754. The lowest BCUT2D eigenvalue weighted by Crippen LogP contribution is -2.52. The Labute approximate surface area is 108 Å². The highest BCUT2D eigenvalue weighted by molar-refractivity contribution is 5.87. The molecule has 2 amide bonds. The molecule has 0 aromatic carbocycles. The van der Waals surface area contributed by atoms with E-state index in [2.05, 4.69) is 24.1 Å². The lowest BCUT2D eigenvalue weighted by Gasteiger charge is -2.37. The first-order chi connectivity index (χ1) is 8.62. The second-order valence-electron chi connectivity index (χ2n) is 4.54. The van der Waals surface area contributed by atoms with Crippen LogP contribution in [-0.2, 0) is 14.3 Å². The van der Waals surface area contributed by atoms with E-state index < -0.39 is 0 Å². The minimum atomic E-state index is -0.251. The SMILES string of the molecule is C=CC(=O)NCCC(=O)NC1(CC)CCOCC1. The number of rotatable bonds is 6. The molecule has 0 spiro atoms. The largest absolute Gasteiger partial charge is 0.381 e. The molecule has 1 heterocycles. The number of carbonyl (C=O) groups excluding carboxylic acids is 2. The van der Waals surface area contributed by atoms with Gasteiger partial charge in [-0.3, -0.25) is 9.59 Å². The summed E-state index contributed by atoms with van der Waals surface area (Å²) in [6, 6.07) is 0. The number of amides is 2. The van der Waals surface area contributed by atoms with Gasteiger partial charge in [-0.05, 0) is 25.3 Å². The van der Waals surface area contributed by atoms with Crippen LogP contribution in [0.3, 0.4) is 0 Å². The molecule has 0 aliphatic carbocycles. The van der Waals surface area contributed by atoms with Crippen LogP contribution in [0.1, 0.15) is 32.6 Å². The average Bonchev–Trinajstić information content (AvgIpc) is 2.39. The quantitative estimate of drug-likeness (QED) is 0.687. The van der Waals surface area contributed by atoms with Crippen LogP contribution in [0.4, 0.5) is 0 Å². The van der Waals surface area contributed by atoms with Crippen molar-refractivity contribution in [1.82, 2.24) is 10.6 Å². The standard InChI is InChI=1S/C13H22N2O3/c1-3-11(16)14-8-5-12(17)15-13(4-2)6-9-18-10-7-13/h3H,1,4-10H2,2H3,(H,14,16)(H,15,17). The van der Waals surface area contributed by atoms with Gasteiger partial charge in [-0.15, -0.1) is 0 Å². The Morgan fingerprint density at radius 1 is 1.39 bits per heavy atom. The minimum Gasteiger partial charge on any atom is -0.381 e. The number of nitrogens with one attached hydrogen (secondary N) is 2. The highest BCUT2D eigenvalue weighted by Gasteiger charge is 2.31. The van der Waals surface area contributed by atoms with Crippen LogP contribution in [0.15, 0.2) is 12.7 Å². The fourth-order valence-corrected chi connectivity index (χ4v) is 2.06. The Morgan fingerprint density at radius 3 is 2.61 bits per heavy atom. The van der Waals surface area contributed by atoms with Crippen molar-refractivity contribution in [2.75, 3.05) is 19.8 Å². The summed E-state index contributed by atoms with van der Waals surface area (Å²) < 4.78 is 5.32. The van der Waals surface area contributed by atoms with E-state index in [1.54, 1.807) is 0 Å². The van der Waals surface area contributed by atoms with Gasteiger partial charge in [0.05, 0.1) is 0 Å². The molecule has 0 saturated carbocycles. The molecule has 0 bridgehead atoms. The molecule has 5 heteroatoms. The third-order valence-corrected chi connectivity index (χ3v) is 3.37. The lowest BCUT2D eigenvalue weighted by atomic mass is 9.87. The highest BCUT2D eigenvalue weighted by Crippen LogP contribution is 2.24. The summed E-state index contributed by atoms with van der Waals surface area (Å²) in [6.07, 6.45) is 4.11. The van der Waals surface area contributed by atoms with Gasteiger partial charge in [0.2, 0.25) is 11.8 Å². The molecule has 1 rings (SSSR count). The zero-order valence-electron chi connectivity index (χ0n) is 11.0. The Hall–Kier alpha value is -1.36. The molecule has 0 unspecified atom stereocenters. The number of hydrogen-bond donors (Lipinski definition) is 2. The molecular weight excluding hydrogens is 232 g/mol. The maximum Gasteiger partial charge on any atom is 0.243 e. The van der Waals surface area contributed by atoms with Gasteiger partial charge in [-0.25, -0.2) is 0 Å². The maximum atomic E-state index is 11.8. The molecule has 18 heavy (non-hydrogen) atoms. The van der Waals surface area contributed by atoms with Crippen molar-refractivity contribution in [3.63, 3.8) is 0 Å². The molecule has 1 saturated heterocycles. The van der Waals surface area contributed by atoms with Crippen LogP contribution < -0.4 is 10.6 Å². The first-order valence-corrected chi connectivity index (χ1v) is 6.41. The Balaban J connectivity index is 2.33. The van der Waals surface area contributed by atoms with Gasteiger partial charge < -0.3 is 15.4 Å². The molecule has 0 aromatic rings. The predicted molar refractivity (Wildman–Crippen MR) is 69.0 cm³/mol. The fourth-order valence-electron chi connectivity index (χ4n) is 2.06.